The number of fused-ring (bicyclic) bond motifs is 2. The Labute approximate surface area is 192 Å². The summed E-state index contributed by atoms with van der Waals surface area (Å²) >= 11 is 0. The van der Waals surface area contributed by atoms with E-state index in [1.165, 1.54) is 28.7 Å². The first-order chi connectivity index (χ1) is 16.2. The number of pyridine rings is 1. The van der Waals surface area contributed by atoms with E-state index in [0.29, 0.717) is 29.6 Å². The van der Waals surface area contributed by atoms with Gasteiger partial charge in [-0.2, -0.15) is 13.2 Å². The van der Waals surface area contributed by atoms with Crippen LogP contribution in [-0.4, -0.2) is 34.4 Å². The number of furan rings is 1. The highest BCUT2D eigenvalue weighted by atomic mass is 19.4. The van der Waals surface area contributed by atoms with E-state index in [0.717, 1.165) is 19.0 Å². The lowest BCUT2D eigenvalue weighted by Gasteiger charge is -2.36. The molecule has 1 fully saturated rings. The average Bonchev–Trinajstić information content (AvgIpc) is 3.43. The molecule has 1 amide bonds. The highest BCUT2D eigenvalue weighted by molar-refractivity contribution is 5.96. The van der Waals surface area contributed by atoms with Crippen molar-refractivity contribution in [2.24, 2.45) is 0 Å². The second kappa shape index (κ2) is 8.34. The number of carbonyl (C=O) groups excluding carboxylic acids is 1. The van der Waals surface area contributed by atoms with E-state index < -0.39 is 17.7 Å². The van der Waals surface area contributed by atoms with E-state index in [1.54, 1.807) is 18.2 Å². The number of carbonyl (C=O) groups is 1. The van der Waals surface area contributed by atoms with Gasteiger partial charge in [-0.25, -0.2) is 9.37 Å². The minimum absolute atomic E-state index is 0.0528. The maximum Gasteiger partial charge on any atom is 0.434 e. The number of benzene rings is 1. The lowest BCUT2D eigenvalue weighted by molar-refractivity contribution is -0.140. The number of amides is 1. The van der Waals surface area contributed by atoms with Crippen molar-refractivity contribution >= 4 is 28.3 Å². The SMILES string of the molecule is CN(c1cccc2nc(C(F)(F)F)cn12)C1CCC(NC(=O)c2cc3cc(F)ccc3o2)CC1. The van der Waals surface area contributed by atoms with Gasteiger partial charge in [-0.3, -0.25) is 9.20 Å². The first-order valence-corrected chi connectivity index (χ1v) is 11.0. The Morgan fingerprint density at radius 2 is 1.91 bits per heavy atom. The molecule has 10 heteroatoms. The molecule has 3 aromatic heterocycles. The van der Waals surface area contributed by atoms with E-state index in [-0.39, 0.29) is 29.4 Å². The van der Waals surface area contributed by atoms with Crippen LogP contribution in [0.1, 0.15) is 41.9 Å². The van der Waals surface area contributed by atoms with E-state index in [2.05, 4.69) is 10.3 Å². The molecule has 34 heavy (non-hydrogen) atoms. The van der Waals surface area contributed by atoms with E-state index in [4.69, 9.17) is 4.42 Å². The van der Waals surface area contributed by atoms with Gasteiger partial charge in [-0.05, 0) is 62.1 Å². The summed E-state index contributed by atoms with van der Waals surface area (Å²) in [5, 5.41) is 3.50. The molecule has 1 aliphatic carbocycles. The van der Waals surface area contributed by atoms with Crippen LogP contribution in [0.3, 0.4) is 0 Å². The van der Waals surface area contributed by atoms with Crippen molar-refractivity contribution in [1.29, 1.82) is 0 Å². The number of anilines is 1. The van der Waals surface area contributed by atoms with Gasteiger partial charge in [0.15, 0.2) is 11.5 Å². The van der Waals surface area contributed by atoms with Crippen LogP contribution in [0.15, 0.2) is 53.1 Å². The van der Waals surface area contributed by atoms with Crippen molar-refractivity contribution in [2.45, 2.75) is 43.9 Å². The number of hydrogen-bond donors (Lipinski definition) is 1. The molecule has 0 saturated heterocycles. The summed E-state index contributed by atoms with van der Waals surface area (Å²) in [6.07, 6.45) is -0.557. The zero-order chi connectivity index (χ0) is 24.0. The first-order valence-electron chi connectivity index (χ1n) is 11.0. The minimum Gasteiger partial charge on any atom is -0.451 e. The minimum atomic E-state index is -4.51. The largest absolute Gasteiger partial charge is 0.451 e. The molecule has 178 valence electrons. The fourth-order valence-electron chi connectivity index (χ4n) is 4.60. The van der Waals surface area contributed by atoms with Crippen molar-refractivity contribution in [2.75, 3.05) is 11.9 Å². The van der Waals surface area contributed by atoms with Crippen LogP contribution >= 0.6 is 0 Å². The molecule has 0 aliphatic heterocycles. The molecule has 1 N–H and O–H groups in total. The van der Waals surface area contributed by atoms with Crippen LogP contribution in [0.4, 0.5) is 23.4 Å². The van der Waals surface area contributed by atoms with Gasteiger partial charge in [0.1, 0.15) is 22.9 Å². The van der Waals surface area contributed by atoms with Gasteiger partial charge in [0, 0.05) is 30.7 Å². The quantitative estimate of drug-likeness (QED) is 0.402. The summed E-state index contributed by atoms with van der Waals surface area (Å²) in [7, 11) is 1.86. The van der Waals surface area contributed by atoms with E-state index >= 15 is 0 Å². The number of aromatic nitrogens is 2. The van der Waals surface area contributed by atoms with Crippen molar-refractivity contribution < 1.29 is 26.8 Å². The maximum absolute atomic E-state index is 13.4. The van der Waals surface area contributed by atoms with Crippen molar-refractivity contribution in [3.8, 4) is 0 Å². The van der Waals surface area contributed by atoms with E-state index in [1.807, 2.05) is 11.9 Å². The fourth-order valence-corrected chi connectivity index (χ4v) is 4.60. The second-order valence-electron chi connectivity index (χ2n) is 8.62. The molecule has 6 nitrogen and oxygen atoms in total. The van der Waals surface area contributed by atoms with Gasteiger partial charge in [0.2, 0.25) is 0 Å². The Balaban J connectivity index is 1.24. The summed E-state index contributed by atoms with van der Waals surface area (Å²) < 4.78 is 59.7. The van der Waals surface area contributed by atoms with Gasteiger partial charge >= 0.3 is 6.18 Å². The number of imidazole rings is 1. The summed E-state index contributed by atoms with van der Waals surface area (Å²) in [4.78, 5) is 18.3. The fraction of sp³-hybridized carbons (Fsp3) is 0.333. The van der Waals surface area contributed by atoms with Crippen LogP contribution in [0.25, 0.3) is 16.6 Å². The molecule has 3 heterocycles. The summed E-state index contributed by atoms with van der Waals surface area (Å²) in [5.41, 5.74) is -0.240. The number of nitrogens with zero attached hydrogens (tertiary/aromatic N) is 3. The molecule has 0 radical (unpaired) electrons. The summed E-state index contributed by atoms with van der Waals surface area (Å²) in [6, 6.07) is 10.7. The highest BCUT2D eigenvalue weighted by Crippen LogP contribution is 2.32. The summed E-state index contributed by atoms with van der Waals surface area (Å²) in [5.74, 6) is 0.00887. The van der Waals surface area contributed by atoms with Gasteiger partial charge < -0.3 is 14.6 Å². The van der Waals surface area contributed by atoms with Crippen molar-refractivity contribution in [3.05, 3.63) is 65.9 Å². The normalized spacial score (nSPS) is 19.0. The Hall–Kier alpha value is -3.56. The Morgan fingerprint density at radius 3 is 2.65 bits per heavy atom. The smallest absolute Gasteiger partial charge is 0.434 e. The Morgan fingerprint density at radius 1 is 1.15 bits per heavy atom. The van der Waals surface area contributed by atoms with Crippen LogP contribution in [0.5, 0.6) is 0 Å². The Bertz CT molecular complexity index is 1350. The highest BCUT2D eigenvalue weighted by Gasteiger charge is 2.34. The maximum atomic E-state index is 13.4. The zero-order valence-corrected chi connectivity index (χ0v) is 18.3. The number of hydrogen-bond acceptors (Lipinski definition) is 4. The monoisotopic (exact) mass is 474 g/mol. The van der Waals surface area contributed by atoms with Crippen molar-refractivity contribution in [3.63, 3.8) is 0 Å². The van der Waals surface area contributed by atoms with Crippen LogP contribution < -0.4 is 10.2 Å². The molecule has 0 unspecified atom stereocenters. The third-order valence-corrected chi connectivity index (χ3v) is 6.40. The first kappa shape index (κ1) is 22.2. The number of alkyl halides is 3. The summed E-state index contributed by atoms with van der Waals surface area (Å²) in [6.45, 7) is 0. The molecule has 0 atom stereocenters. The van der Waals surface area contributed by atoms with E-state index in [9.17, 15) is 22.4 Å². The lowest BCUT2D eigenvalue weighted by atomic mass is 9.90. The second-order valence-corrected chi connectivity index (χ2v) is 8.62. The number of rotatable bonds is 4. The van der Waals surface area contributed by atoms with Crippen LogP contribution in [0, 0.1) is 5.82 Å². The standard InChI is InChI=1S/C24H22F4N4O2/c1-31(22-4-2-3-21-30-20(13-32(21)22)24(26,27)28)17-8-6-16(7-9-17)29-23(33)19-12-14-11-15(25)5-10-18(14)34-19/h2-5,10-13,16-17H,6-9H2,1H3,(H,29,33). The third kappa shape index (κ3) is 4.20. The van der Waals surface area contributed by atoms with Gasteiger partial charge in [-0.1, -0.05) is 6.07 Å². The van der Waals surface area contributed by atoms with Gasteiger partial charge in [0.25, 0.3) is 5.91 Å². The molecule has 5 rings (SSSR count). The number of halogens is 4. The Kier molecular flexibility index (Phi) is 5.45. The van der Waals surface area contributed by atoms with Gasteiger partial charge in [0.05, 0.1) is 0 Å². The molecule has 1 saturated carbocycles. The zero-order valence-electron chi connectivity index (χ0n) is 18.3. The molecule has 1 aromatic carbocycles. The predicted octanol–water partition coefficient (Wildman–Crippen LogP) is 5.42. The van der Waals surface area contributed by atoms with Gasteiger partial charge in [-0.15, -0.1) is 0 Å². The predicted molar refractivity (Wildman–Crippen MR) is 118 cm³/mol. The molecular formula is C24H22F4N4O2. The van der Waals surface area contributed by atoms with Crippen molar-refractivity contribution in [1.82, 2.24) is 14.7 Å². The molecule has 0 bridgehead atoms. The number of nitrogens with one attached hydrogen (secondary N) is 1. The average molecular weight is 474 g/mol. The van der Waals surface area contributed by atoms with Crippen LogP contribution in [0.2, 0.25) is 0 Å². The molecule has 4 aromatic rings. The van der Waals surface area contributed by atoms with Crippen LogP contribution in [-0.2, 0) is 6.18 Å². The lowest BCUT2D eigenvalue weighted by Crippen LogP contribution is -2.43. The molecule has 1 aliphatic rings. The molecular weight excluding hydrogens is 452 g/mol. The third-order valence-electron chi connectivity index (χ3n) is 6.40. The molecule has 0 spiro atoms. The topological polar surface area (TPSA) is 62.8 Å².